The molecule has 184 valence electrons. The average Bonchev–Trinajstić information content (AvgIpc) is 2.85. The Morgan fingerprint density at radius 1 is 0.941 bits per heavy atom. The highest BCUT2D eigenvalue weighted by Gasteiger charge is 2.31. The highest BCUT2D eigenvalue weighted by atomic mass is 19.4. The summed E-state index contributed by atoms with van der Waals surface area (Å²) in [6, 6.07) is 10.5. The van der Waals surface area contributed by atoms with Crippen molar-refractivity contribution in [2.75, 3.05) is 51.9 Å². The first-order chi connectivity index (χ1) is 16.2. The lowest BCUT2D eigenvalue weighted by atomic mass is 10.1. The summed E-state index contributed by atoms with van der Waals surface area (Å²) in [5.74, 6) is 0.391. The first-order valence-corrected chi connectivity index (χ1v) is 10.8. The van der Waals surface area contributed by atoms with Crippen LogP contribution in [0.2, 0.25) is 0 Å². The van der Waals surface area contributed by atoms with Gasteiger partial charge in [0.1, 0.15) is 11.5 Å². The van der Waals surface area contributed by atoms with E-state index in [1.54, 1.807) is 34.1 Å². The fraction of sp³-hybridized carbons (Fsp3) is 0.417. The van der Waals surface area contributed by atoms with Gasteiger partial charge < -0.3 is 24.0 Å². The summed E-state index contributed by atoms with van der Waals surface area (Å²) in [6.45, 7) is 1.06. The van der Waals surface area contributed by atoms with Crippen molar-refractivity contribution in [1.29, 1.82) is 0 Å². The summed E-state index contributed by atoms with van der Waals surface area (Å²) in [5, 5.41) is 0. The summed E-state index contributed by atoms with van der Waals surface area (Å²) in [6.07, 6.45) is -3.92. The minimum absolute atomic E-state index is 0.0902. The maximum absolute atomic E-state index is 12.9. The van der Waals surface area contributed by atoms with Gasteiger partial charge in [0.15, 0.2) is 6.61 Å². The van der Waals surface area contributed by atoms with Gasteiger partial charge in [-0.1, -0.05) is 6.07 Å². The van der Waals surface area contributed by atoms with Crippen LogP contribution in [0.25, 0.3) is 0 Å². The second-order valence-corrected chi connectivity index (χ2v) is 7.80. The first kappa shape index (κ1) is 25.2. The molecule has 1 fully saturated rings. The van der Waals surface area contributed by atoms with Crippen molar-refractivity contribution in [3.8, 4) is 11.5 Å². The van der Waals surface area contributed by atoms with Gasteiger partial charge in [-0.05, 0) is 42.3 Å². The van der Waals surface area contributed by atoms with Crippen LogP contribution in [-0.2, 0) is 26.9 Å². The van der Waals surface area contributed by atoms with Crippen LogP contribution in [-0.4, -0.2) is 63.8 Å². The largest absolute Gasteiger partial charge is 0.497 e. The minimum atomic E-state index is -4.41. The van der Waals surface area contributed by atoms with Crippen molar-refractivity contribution in [2.45, 2.75) is 19.0 Å². The van der Waals surface area contributed by atoms with Gasteiger partial charge in [-0.3, -0.25) is 9.59 Å². The third kappa shape index (κ3) is 6.79. The number of ether oxygens (including phenoxy) is 3. The number of nitrogens with zero attached hydrogens (tertiary/aromatic N) is 2. The smallest absolute Gasteiger partial charge is 0.416 e. The molecule has 2 aromatic carbocycles. The number of anilines is 1. The molecule has 2 aromatic rings. The molecule has 0 bridgehead atoms. The number of hydrogen-bond donors (Lipinski definition) is 0. The Labute approximate surface area is 196 Å². The molecule has 0 spiro atoms. The van der Waals surface area contributed by atoms with Gasteiger partial charge in [-0.15, -0.1) is 0 Å². The van der Waals surface area contributed by atoms with E-state index in [2.05, 4.69) is 0 Å². The van der Waals surface area contributed by atoms with Crippen molar-refractivity contribution < 1.29 is 37.0 Å². The monoisotopic (exact) mass is 480 g/mol. The Kier molecular flexibility index (Phi) is 8.25. The zero-order valence-corrected chi connectivity index (χ0v) is 19.1. The number of hydrogen-bond acceptors (Lipinski definition) is 6. The van der Waals surface area contributed by atoms with Crippen molar-refractivity contribution in [1.82, 2.24) is 4.90 Å². The SMILES string of the molecule is COc1cc(CCC(=O)OCC(=O)N2CCN(c3cccc(C(F)(F)F)c3)CC2)cc(OC)c1. The van der Waals surface area contributed by atoms with Crippen molar-refractivity contribution in [2.24, 2.45) is 0 Å². The zero-order chi connectivity index (χ0) is 24.7. The van der Waals surface area contributed by atoms with Gasteiger partial charge >= 0.3 is 12.1 Å². The number of piperazine rings is 1. The van der Waals surface area contributed by atoms with E-state index < -0.39 is 17.7 Å². The van der Waals surface area contributed by atoms with Crippen LogP contribution in [0.1, 0.15) is 17.5 Å². The lowest BCUT2D eigenvalue weighted by molar-refractivity contribution is -0.152. The maximum atomic E-state index is 12.9. The van der Waals surface area contributed by atoms with Crippen LogP contribution in [0.15, 0.2) is 42.5 Å². The molecule has 10 heteroatoms. The van der Waals surface area contributed by atoms with E-state index in [1.165, 1.54) is 20.3 Å². The molecule has 1 heterocycles. The molecule has 7 nitrogen and oxygen atoms in total. The molecule has 0 saturated carbocycles. The number of rotatable bonds is 8. The van der Waals surface area contributed by atoms with E-state index in [-0.39, 0.29) is 18.9 Å². The van der Waals surface area contributed by atoms with Crippen molar-refractivity contribution >= 4 is 17.6 Å². The summed E-state index contributed by atoms with van der Waals surface area (Å²) in [4.78, 5) is 27.9. The molecule has 0 N–H and O–H groups in total. The highest BCUT2D eigenvalue weighted by Crippen LogP contribution is 2.32. The number of methoxy groups -OCH3 is 2. The van der Waals surface area contributed by atoms with Gasteiger partial charge in [0.05, 0.1) is 19.8 Å². The Morgan fingerprint density at radius 2 is 1.59 bits per heavy atom. The van der Waals surface area contributed by atoms with Crippen LogP contribution in [0.3, 0.4) is 0 Å². The number of halogens is 3. The van der Waals surface area contributed by atoms with E-state index in [9.17, 15) is 22.8 Å². The Bertz CT molecular complexity index is 982. The molecule has 0 atom stereocenters. The van der Waals surface area contributed by atoms with E-state index in [0.717, 1.165) is 17.7 Å². The van der Waals surface area contributed by atoms with Gasteiger partial charge in [0, 0.05) is 44.4 Å². The second kappa shape index (κ2) is 11.1. The minimum Gasteiger partial charge on any atom is -0.497 e. The van der Waals surface area contributed by atoms with Crippen LogP contribution >= 0.6 is 0 Å². The fourth-order valence-corrected chi connectivity index (χ4v) is 3.66. The average molecular weight is 480 g/mol. The molecule has 0 unspecified atom stereocenters. The number of esters is 1. The molecule has 1 aliphatic heterocycles. The Hall–Kier alpha value is -3.43. The molecule has 0 radical (unpaired) electrons. The molecule has 0 aliphatic carbocycles. The number of carbonyl (C=O) groups excluding carboxylic acids is 2. The van der Waals surface area contributed by atoms with Gasteiger partial charge in [0.25, 0.3) is 5.91 Å². The topological polar surface area (TPSA) is 68.3 Å². The van der Waals surface area contributed by atoms with Crippen LogP contribution in [0.5, 0.6) is 11.5 Å². The number of benzene rings is 2. The molecular formula is C24H27F3N2O5. The van der Waals surface area contributed by atoms with Gasteiger partial charge in [-0.2, -0.15) is 13.2 Å². The lowest BCUT2D eigenvalue weighted by Crippen LogP contribution is -2.50. The molecule has 0 aromatic heterocycles. The number of carbonyl (C=O) groups is 2. The van der Waals surface area contributed by atoms with Crippen LogP contribution in [0.4, 0.5) is 18.9 Å². The molecule has 3 rings (SSSR count). The Morgan fingerprint density at radius 3 is 2.18 bits per heavy atom. The zero-order valence-electron chi connectivity index (χ0n) is 19.1. The second-order valence-electron chi connectivity index (χ2n) is 7.80. The quantitative estimate of drug-likeness (QED) is 0.539. The van der Waals surface area contributed by atoms with Crippen LogP contribution < -0.4 is 14.4 Å². The predicted molar refractivity (Wildman–Crippen MR) is 119 cm³/mol. The van der Waals surface area contributed by atoms with Crippen molar-refractivity contribution in [3.05, 3.63) is 53.6 Å². The molecule has 1 saturated heterocycles. The predicted octanol–water partition coefficient (Wildman–Crippen LogP) is 3.55. The summed E-state index contributed by atoms with van der Waals surface area (Å²) < 4.78 is 54.4. The van der Waals surface area contributed by atoms with E-state index in [4.69, 9.17) is 14.2 Å². The first-order valence-electron chi connectivity index (χ1n) is 10.8. The molecule has 34 heavy (non-hydrogen) atoms. The van der Waals surface area contributed by atoms with E-state index in [1.807, 2.05) is 0 Å². The summed E-state index contributed by atoms with van der Waals surface area (Å²) in [5.41, 5.74) is 0.593. The number of aryl methyl sites for hydroxylation is 1. The summed E-state index contributed by atoms with van der Waals surface area (Å²) >= 11 is 0. The lowest BCUT2D eigenvalue weighted by Gasteiger charge is -2.36. The summed E-state index contributed by atoms with van der Waals surface area (Å²) in [7, 11) is 3.08. The standard InChI is InChI=1S/C24H27F3N2O5/c1-32-20-12-17(13-21(15-20)33-2)6-7-23(31)34-16-22(30)29-10-8-28(9-11-29)19-5-3-4-18(14-19)24(25,26)27/h3-5,12-15H,6-11,16H2,1-2H3. The fourth-order valence-electron chi connectivity index (χ4n) is 3.66. The third-order valence-corrected chi connectivity index (χ3v) is 5.56. The molecule has 1 amide bonds. The van der Waals surface area contributed by atoms with E-state index >= 15 is 0 Å². The van der Waals surface area contributed by atoms with Gasteiger partial charge in [-0.25, -0.2) is 0 Å². The van der Waals surface area contributed by atoms with E-state index in [0.29, 0.717) is 49.8 Å². The van der Waals surface area contributed by atoms with Gasteiger partial charge in [0.2, 0.25) is 0 Å². The van der Waals surface area contributed by atoms with Crippen LogP contribution in [0, 0.1) is 0 Å². The van der Waals surface area contributed by atoms with Crippen molar-refractivity contribution in [3.63, 3.8) is 0 Å². The molecular weight excluding hydrogens is 453 g/mol. The number of amides is 1. The molecule has 1 aliphatic rings. The maximum Gasteiger partial charge on any atom is 0.416 e. The third-order valence-electron chi connectivity index (χ3n) is 5.56. The normalized spacial score (nSPS) is 14.0. The highest BCUT2D eigenvalue weighted by molar-refractivity contribution is 5.81. The Balaban J connectivity index is 1.44. The number of alkyl halides is 3.